The van der Waals surface area contributed by atoms with Gasteiger partial charge in [-0.3, -0.25) is 9.78 Å². The number of carbonyl (C=O) groups is 1. The van der Waals surface area contributed by atoms with Gasteiger partial charge in [-0.1, -0.05) is 23.7 Å². The highest BCUT2D eigenvalue weighted by Crippen LogP contribution is 2.23. The molecule has 3 rings (SSSR count). The molecule has 1 amide bonds. The molecule has 2 heterocycles. The monoisotopic (exact) mass is 329 g/mol. The summed E-state index contributed by atoms with van der Waals surface area (Å²) in [5.41, 5.74) is 2.07. The number of rotatable bonds is 5. The highest BCUT2D eigenvalue weighted by molar-refractivity contribution is 6.30. The van der Waals surface area contributed by atoms with Crippen molar-refractivity contribution in [1.82, 2.24) is 10.3 Å². The molecular weight excluding hydrogens is 310 g/mol. The van der Waals surface area contributed by atoms with E-state index in [-0.39, 0.29) is 11.9 Å². The first kappa shape index (κ1) is 15.8. The standard InChI is InChI=1S/C18H20ClN3O/c19-14-4-3-6-17(12-14)22-11-9-16(13-22)21-18(23)8-7-15-5-1-2-10-20-15/h1-6,10,12,16H,7-9,11,13H2,(H,21,23)/t16-/m1/s1. The fourth-order valence-electron chi connectivity index (χ4n) is 2.87. The Kier molecular flexibility index (Phi) is 5.13. The third kappa shape index (κ3) is 4.45. The highest BCUT2D eigenvalue weighted by atomic mass is 35.5. The number of amides is 1. The fraction of sp³-hybridized carbons (Fsp3) is 0.333. The second kappa shape index (κ2) is 7.47. The molecule has 1 aliphatic rings. The average molecular weight is 330 g/mol. The van der Waals surface area contributed by atoms with Gasteiger partial charge in [0, 0.05) is 48.2 Å². The summed E-state index contributed by atoms with van der Waals surface area (Å²) in [6.45, 7) is 1.77. The van der Waals surface area contributed by atoms with E-state index in [1.807, 2.05) is 36.4 Å². The largest absolute Gasteiger partial charge is 0.369 e. The van der Waals surface area contributed by atoms with Gasteiger partial charge in [0.15, 0.2) is 0 Å². The van der Waals surface area contributed by atoms with E-state index in [0.29, 0.717) is 12.8 Å². The summed E-state index contributed by atoms with van der Waals surface area (Å²) in [6.07, 6.45) is 3.87. The predicted octanol–water partition coefficient (Wildman–Crippen LogP) is 3.06. The second-order valence-electron chi connectivity index (χ2n) is 5.80. The SMILES string of the molecule is O=C(CCc1ccccn1)N[C@@H]1CCN(c2cccc(Cl)c2)C1. The number of benzene rings is 1. The minimum atomic E-state index is 0.0913. The molecule has 120 valence electrons. The number of halogens is 1. The van der Waals surface area contributed by atoms with Crippen LogP contribution >= 0.6 is 11.6 Å². The Morgan fingerprint density at radius 3 is 3.00 bits per heavy atom. The van der Waals surface area contributed by atoms with Crippen molar-refractivity contribution < 1.29 is 4.79 Å². The summed E-state index contributed by atoms with van der Waals surface area (Å²) >= 11 is 6.04. The third-order valence-electron chi connectivity index (χ3n) is 4.06. The summed E-state index contributed by atoms with van der Waals surface area (Å²) in [7, 11) is 0. The molecule has 0 radical (unpaired) electrons. The highest BCUT2D eigenvalue weighted by Gasteiger charge is 2.24. The summed E-state index contributed by atoms with van der Waals surface area (Å²) in [6, 6.07) is 13.8. The number of hydrogen-bond acceptors (Lipinski definition) is 3. The minimum absolute atomic E-state index is 0.0913. The first-order chi connectivity index (χ1) is 11.2. The lowest BCUT2D eigenvalue weighted by Crippen LogP contribution is -2.37. The number of pyridine rings is 1. The van der Waals surface area contributed by atoms with E-state index in [9.17, 15) is 4.79 Å². The zero-order valence-electron chi connectivity index (χ0n) is 12.9. The summed E-state index contributed by atoms with van der Waals surface area (Å²) in [5, 5.41) is 3.86. The topological polar surface area (TPSA) is 45.2 Å². The molecule has 1 aromatic carbocycles. The summed E-state index contributed by atoms with van der Waals surface area (Å²) in [4.78, 5) is 18.6. The molecule has 0 spiro atoms. The smallest absolute Gasteiger partial charge is 0.220 e. The molecule has 1 saturated heterocycles. The fourth-order valence-corrected chi connectivity index (χ4v) is 3.06. The first-order valence-electron chi connectivity index (χ1n) is 7.90. The molecule has 1 aliphatic heterocycles. The Morgan fingerprint density at radius 2 is 2.22 bits per heavy atom. The quantitative estimate of drug-likeness (QED) is 0.917. The first-order valence-corrected chi connectivity index (χ1v) is 8.28. The second-order valence-corrected chi connectivity index (χ2v) is 6.24. The molecule has 1 aromatic heterocycles. The molecule has 2 aromatic rings. The molecule has 0 unspecified atom stereocenters. The van der Waals surface area contributed by atoms with Gasteiger partial charge in [-0.05, 0) is 43.2 Å². The number of anilines is 1. The van der Waals surface area contributed by atoms with E-state index in [2.05, 4.69) is 21.3 Å². The van der Waals surface area contributed by atoms with Gasteiger partial charge in [0.05, 0.1) is 0 Å². The van der Waals surface area contributed by atoms with Crippen molar-refractivity contribution in [2.45, 2.75) is 25.3 Å². The van der Waals surface area contributed by atoms with E-state index in [0.717, 1.165) is 35.9 Å². The van der Waals surface area contributed by atoms with Crippen molar-refractivity contribution in [2.75, 3.05) is 18.0 Å². The molecule has 1 N–H and O–H groups in total. The lowest BCUT2D eigenvalue weighted by molar-refractivity contribution is -0.121. The van der Waals surface area contributed by atoms with Gasteiger partial charge in [0.2, 0.25) is 5.91 Å². The van der Waals surface area contributed by atoms with Crippen molar-refractivity contribution in [3.63, 3.8) is 0 Å². The van der Waals surface area contributed by atoms with Crippen molar-refractivity contribution in [1.29, 1.82) is 0 Å². The van der Waals surface area contributed by atoms with Gasteiger partial charge in [-0.15, -0.1) is 0 Å². The van der Waals surface area contributed by atoms with Gasteiger partial charge in [-0.2, -0.15) is 0 Å². The number of nitrogens with zero attached hydrogens (tertiary/aromatic N) is 2. The van der Waals surface area contributed by atoms with E-state index >= 15 is 0 Å². The number of nitrogens with one attached hydrogen (secondary N) is 1. The molecule has 1 fully saturated rings. The minimum Gasteiger partial charge on any atom is -0.369 e. The van der Waals surface area contributed by atoms with Crippen LogP contribution in [0.5, 0.6) is 0 Å². The van der Waals surface area contributed by atoms with Crippen LogP contribution in [0, 0.1) is 0 Å². The molecule has 0 bridgehead atoms. The molecule has 23 heavy (non-hydrogen) atoms. The van der Waals surface area contributed by atoms with Gasteiger partial charge >= 0.3 is 0 Å². The normalized spacial score (nSPS) is 17.3. The predicted molar refractivity (Wildman–Crippen MR) is 92.8 cm³/mol. The molecule has 4 nitrogen and oxygen atoms in total. The molecule has 5 heteroatoms. The van der Waals surface area contributed by atoms with Crippen LogP contribution in [-0.2, 0) is 11.2 Å². The maximum Gasteiger partial charge on any atom is 0.220 e. The number of aromatic nitrogens is 1. The zero-order chi connectivity index (χ0) is 16.1. The van der Waals surface area contributed by atoms with E-state index in [4.69, 9.17) is 11.6 Å². The van der Waals surface area contributed by atoms with Gasteiger partial charge in [0.1, 0.15) is 0 Å². The maximum atomic E-state index is 12.1. The Bertz CT molecular complexity index is 662. The lowest BCUT2D eigenvalue weighted by atomic mass is 10.2. The lowest BCUT2D eigenvalue weighted by Gasteiger charge is -2.19. The molecule has 0 saturated carbocycles. The average Bonchev–Trinajstić information content (AvgIpc) is 3.02. The van der Waals surface area contributed by atoms with E-state index in [1.165, 1.54) is 0 Å². The van der Waals surface area contributed by atoms with E-state index in [1.54, 1.807) is 6.20 Å². The van der Waals surface area contributed by atoms with Crippen LogP contribution in [-0.4, -0.2) is 30.0 Å². The van der Waals surface area contributed by atoms with Crippen LogP contribution in [0.2, 0.25) is 5.02 Å². The molecular formula is C18H20ClN3O. The van der Waals surface area contributed by atoms with Crippen LogP contribution < -0.4 is 10.2 Å². The van der Waals surface area contributed by atoms with Crippen molar-refractivity contribution in [3.8, 4) is 0 Å². The van der Waals surface area contributed by atoms with Crippen molar-refractivity contribution in [2.24, 2.45) is 0 Å². The van der Waals surface area contributed by atoms with Gasteiger partial charge in [-0.25, -0.2) is 0 Å². The third-order valence-corrected chi connectivity index (χ3v) is 4.30. The van der Waals surface area contributed by atoms with Gasteiger partial charge in [0.25, 0.3) is 0 Å². The van der Waals surface area contributed by atoms with Crippen LogP contribution in [0.25, 0.3) is 0 Å². The van der Waals surface area contributed by atoms with Crippen LogP contribution in [0.3, 0.4) is 0 Å². The number of hydrogen-bond donors (Lipinski definition) is 1. The molecule has 1 atom stereocenters. The van der Waals surface area contributed by atoms with E-state index < -0.39 is 0 Å². The van der Waals surface area contributed by atoms with Crippen LogP contribution in [0.1, 0.15) is 18.5 Å². The zero-order valence-corrected chi connectivity index (χ0v) is 13.7. The maximum absolute atomic E-state index is 12.1. The Labute approximate surface area is 141 Å². The number of carbonyl (C=O) groups excluding carboxylic acids is 1. The van der Waals surface area contributed by atoms with Gasteiger partial charge < -0.3 is 10.2 Å². The Balaban J connectivity index is 1.47. The van der Waals surface area contributed by atoms with Crippen LogP contribution in [0.4, 0.5) is 5.69 Å². The van der Waals surface area contributed by atoms with Crippen molar-refractivity contribution in [3.05, 3.63) is 59.4 Å². The van der Waals surface area contributed by atoms with Crippen molar-refractivity contribution >= 4 is 23.2 Å². The summed E-state index contributed by atoms with van der Waals surface area (Å²) in [5.74, 6) is 0.0913. The summed E-state index contributed by atoms with van der Waals surface area (Å²) < 4.78 is 0. The van der Waals surface area contributed by atoms with Crippen LogP contribution in [0.15, 0.2) is 48.7 Å². The number of aryl methyl sites for hydroxylation is 1. The Hall–Kier alpha value is -2.07. The molecule has 0 aliphatic carbocycles. The Morgan fingerprint density at radius 1 is 1.30 bits per heavy atom.